The summed E-state index contributed by atoms with van der Waals surface area (Å²) in [5.41, 5.74) is 0.0496. The number of thioether (sulfide) groups is 1. The van der Waals surface area contributed by atoms with Gasteiger partial charge in [-0.1, -0.05) is 31.0 Å². The number of aromatic nitrogens is 3. The van der Waals surface area contributed by atoms with Crippen LogP contribution >= 0.6 is 11.8 Å². The molecule has 1 aromatic carbocycles. The molecule has 1 heterocycles. The smallest absolute Gasteiger partial charge is 0.236 e. The van der Waals surface area contributed by atoms with E-state index in [1.807, 2.05) is 14.0 Å². The molecule has 3 rings (SSSR count). The minimum Gasteiger partial charge on any atom is -0.326 e. The van der Waals surface area contributed by atoms with Crippen LogP contribution in [-0.2, 0) is 11.8 Å². The largest absolute Gasteiger partial charge is 0.326 e. The van der Waals surface area contributed by atoms with Crippen LogP contribution in [0.1, 0.15) is 39.0 Å². The van der Waals surface area contributed by atoms with Gasteiger partial charge in [-0.05, 0) is 44.0 Å². The van der Waals surface area contributed by atoms with Crippen LogP contribution in [0, 0.1) is 17.1 Å². The normalized spacial score (nSPS) is 17.0. The second-order valence-corrected chi connectivity index (χ2v) is 8.54. The van der Waals surface area contributed by atoms with Gasteiger partial charge in [-0.2, -0.15) is 5.26 Å². The van der Waals surface area contributed by atoms with Crippen LogP contribution < -0.4 is 0 Å². The summed E-state index contributed by atoms with van der Waals surface area (Å²) in [6.07, 6.45) is 4.50. The molecule has 0 spiro atoms. The molecule has 148 valence electrons. The molecule has 28 heavy (non-hydrogen) atoms. The number of nitriles is 1. The maximum absolute atomic E-state index is 13.1. The van der Waals surface area contributed by atoms with Crippen molar-refractivity contribution >= 4 is 17.7 Å². The first kappa shape index (κ1) is 20.3. The lowest BCUT2D eigenvalue weighted by molar-refractivity contribution is -0.133. The summed E-state index contributed by atoms with van der Waals surface area (Å²) in [6, 6.07) is 8.44. The molecule has 0 saturated heterocycles. The molecule has 1 saturated carbocycles. The molecule has 0 unspecified atom stereocenters. The van der Waals surface area contributed by atoms with Crippen molar-refractivity contribution in [3.63, 3.8) is 0 Å². The van der Waals surface area contributed by atoms with E-state index in [1.165, 1.54) is 23.9 Å². The van der Waals surface area contributed by atoms with E-state index in [0.717, 1.165) is 37.7 Å². The average molecular weight is 402 g/mol. The molecule has 0 bridgehead atoms. The molecule has 0 radical (unpaired) electrons. The fraction of sp³-hybridized carbons (Fsp3) is 0.500. The third-order valence-corrected chi connectivity index (χ3v) is 6.55. The minimum absolute atomic E-state index is 0.0835. The number of rotatable bonds is 5. The van der Waals surface area contributed by atoms with Crippen LogP contribution in [0.25, 0.3) is 11.4 Å². The Morgan fingerprint density at radius 3 is 2.54 bits per heavy atom. The van der Waals surface area contributed by atoms with Crippen LogP contribution in [0.4, 0.5) is 4.39 Å². The number of amides is 1. The van der Waals surface area contributed by atoms with Gasteiger partial charge in [0.2, 0.25) is 5.91 Å². The first-order valence-electron chi connectivity index (χ1n) is 9.39. The molecule has 6 nitrogen and oxygen atoms in total. The number of halogens is 1. The average Bonchev–Trinajstić information content (AvgIpc) is 3.08. The number of carbonyl (C=O) groups is 1. The first-order chi connectivity index (χ1) is 13.4. The Kier molecular flexibility index (Phi) is 6.04. The van der Waals surface area contributed by atoms with Crippen molar-refractivity contribution in [2.45, 2.75) is 55.0 Å². The summed E-state index contributed by atoms with van der Waals surface area (Å²) in [7, 11) is 3.55. The predicted octanol–water partition coefficient (Wildman–Crippen LogP) is 3.79. The lowest BCUT2D eigenvalue weighted by atomic mass is 9.81. The van der Waals surface area contributed by atoms with Crippen LogP contribution in [0.2, 0.25) is 0 Å². The molecule has 0 aliphatic heterocycles. The van der Waals surface area contributed by atoms with Crippen LogP contribution in [0.3, 0.4) is 0 Å². The monoisotopic (exact) mass is 401 g/mol. The van der Waals surface area contributed by atoms with E-state index in [1.54, 1.807) is 28.6 Å². The topological polar surface area (TPSA) is 74.8 Å². The van der Waals surface area contributed by atoms with Crippen molar-refractivity contribution in [1.29, 1.82) is 5.26 Å². The van der Waals surface area contributed by atoms with Gasteiger partial charge in [0.1, 0.15) is 11.4 Å². The second kappa shape index (κ2) is 8.31. The van der Waals surface area contributed by atoms with Crippen LogP contribution in [-0.4, -0.2) is 43.4 Å². The van der Waals surface area contributed by atoms with Gasteiger partial charge >= 0.3 is 0 Å². The lowest BCUT2D eigenvalue weighted by Gasteiger charge is -2.40. The second-order valence-electron chi connectivity index (χ2n) is 7.23. The zero-order valence-electron chi connectivity index (χ0n) is 16.4. The van der Waals surface area contributed by atoms with Crippen LogP contribution in [0.15, 0.2) is 29.4 Å². The van der Waals surface area contributed by atoms with Crippen molar-refractivity contribution < 1.29 is 9.18 Å². The summed E-state index contributed by atoms with van der Waals surface area (Å²) in [5.74, 6) is 0.216. The first-order valence-corrected chi connectivity index (χ1v) is 10.3. The maximum Gasteiger partial charge on any atom is 0.236 e. The quantitative estimate of drug-likeness (QED) is 0.713. The molecule has 1 aliphatic rings. The third kappa shape index (κ3) is 3.90. The lowest BCUT2D eigenvalue weighted by Crippen LogP contribution is -2.52. The zero-order chi connectivity index (χ0) is 20.3. The highest BCUT2D eigenvalue weighted by molar-refractivity contribution is 8.00. The highest BCUT2D eigenvalue weighted by Crippen LogP contribution is 2.34. The minimum atomic E-state index is -0.705. The molecule has 1 fully saturated rings. The van der Waals surface area contributed by atoms with Gasteiger partial charge in [0, 0.05) is 19.7 Å². The Hall–Kier alpha value is -2.40. The Balaban J connectivity index is 1.74. The Morgan fingerprint density at radius 2 is 1.93 bits per heavy atom. The van der Waals surface area contributed by atoms with Gasteiger partial charge in [0.05, 0.1) is 11.3 Å². The molecular formula is C20H24FN5OS. The summed E-state index contributed by atoms with van der Waals surface area (Å²) in [6.45, 7) is 1.82. The highest BCUT2D eigenvalue weighted by Gasteiger charge is 2.40. The van der Waals surface area contributed by atoms with Gasteiger partial charge in [-0.25, -0.2) is 4.39 Å². The van der Waals surface area contributed by atoms with E-state index in [2.05, 4.69) is 16.3 Å². The zero-order valence-corrected chi connectivity index (χ0v) is 17.2. The van der Waals surface area contributed by atoms with Crippen molar-refractivity contribution in [1.82, 2.24) is 19.7 Å². The molecular weight excluding hydrogens is 377 g/mol. The van der Waals surface area contributed by atoms with Gasteiger partial charge < -0.3 is 9.47 Å². The van der Waals surface area contributed by atoms with E-state index in [4.69, 9.17) is 0 Å². The number of hydrogen-bond acceptors (Lipinski definition) is 5. The van der Waals surface area contributed by atoms with Crippen molar-refractivity contribution in [3.05, 3.63) is 30.1 Å². The number of carbonyl (C=O) groups excluding carboxylic acids is 1. The van der Waals surface area contributed by atoms with Crippen molar-refractivity contribution in [3.8, 4) is 17.5 Å². The summed E-state index contributed by atoms with van der Waals surface area (Å²) >= 11 is 1.31. The molecule has 1 amide bonds. The molecule has 1 aromatic heterocycles. The Morgan fingerprint density at radius 1 is 1.29 bits per heavy atom. The van der Waals surface area contributed by atoms with E-state index in [-0.39, 0.29) is 11.7 Å². The third-order valence-electron chi connectivity index (χ3n) is 5.43. The number of nitrogens with zero attached hydrogens (tertiary/aromatic N) is 5. The maximum atomic E-state index is 13.1. The van der Waals surface area contributed by atoms with Crippen molar-refractivity contribution in [2.24, 2.45) is 7.05 Å². The van der Waals surface area contributed by atoms with Gasteiger partial charge in [0.25, 0.3) is 0 Å². The molecule has 2 aromatic rings. The summed E-state index contributed by atoms with van der Waals surface area (Å²) < 4.78 is 14.9. The summed E-state index contributed by atoms with van der Waals surface area (Å²) in [5, 5.41) is 18.3. The summed E-state index contributed by atoms with van der Waals surface area (Å²) in [4.78, 5) is 14.6. The predicted molar refractivity (Wildman–Crippen MR) is 106 cm³/mol. The molecule has 1 atom stereocenters. The molecule has 1 aliphatic carbocycles. The fourth-order valence-corrected chi connectivity index (χ4v) is 4.53. The van der Waals surface area contributed by atoms with Crippen molar-refractivity contribution in [2.75, 3.05) is 7.05 Å². The standard InChI is InChI=1S/C20H24FN5OS/c1-14(18(27)26(3)20(13-22)11-5-4-6-12-20)28-19-24-23-17(25(19)2)15-7-9-16(21)10-8-15/h7-10,14H,4-6,11-12H2,1-3H3/t14-/m0/s1. The van der Waals surface area contributed by atoms with E-state index >= 15 is 0 Å². The fourth-order valence-electron chi connectivity index (χ4n) is 3.62. The SMILES string of the molecule is C[C@H](Sc1nnc(-c2ccc(F)cc2)n1C)C(=O)N(C)C1(C#N)CCCCC1. The molecule has 0 N–H and O–H groups in total. The van der Waals surface area contributed by atoms with E-state index in [0.29, 0.717) is 11.0 Å². The number of hydrogen-bond donors (Lipinski definition) is 0. The van der Waals surface area contributed by atoms with Gasteiger partial charge in [-0.3, -0.25) is 4.79 Å². The Labute approximate surface area is 168 Å². The molecule has 8 heteroatoms. The van der Waals surface area contributed by atoms with Crippen LogP contribution in [0.5, 0.6) is 0 Å². The Bertz CT molecular complexity index is 883. The highest BCUT2D eigenvalue weighted by atomic mass is 32.2. The van der Waals surface area contributed by atoms with E-state index in [9.17, 15) is 14.4 Å². The van der Waals surface area contributed by atoms with Gasteiger partial charge in [-0.15, -0.1) is 10.2 Å². The number of benzene rings is 1. The van der Waals surface area contributed by atoms with E-state index < -0.39 is 10.8 Å². The van der Waals surface area contributed by atoms with Gasteiger partial charge in [0.15, 0.2) is 11.0 Å².